The maximum absolute atomic E-state index is 3.49. The van der Waals surface area contributed by atoms with E-state index in [4.69, 9.17) is 0 Å². The molecule has 7 heavy (non-hydrogen) atoms. The molecule has 0 fully saturated rings. The van der Waals surface area contributed by atoms with E-state index in [2.05, 4.69) is 19.8 Å². The van der Waals surface area contributed by atoms with Crippen LogP contribution in [0.4, 0.5) is 0 Å². The summed E-state index contributed by atoms with van der Waals surface area (Å²) >= 11 is 3.26. The molecule has 0 rings (SSSR count). The van der Waals surface area contributed by atoms with Crippen LogP contribution in [0.15, 0.2) is 28.4 Å². The molecule has 0 radical (unpaired) electrons. The Hall–Kier alpha value is -0.201. The zero-order valence-corrected chi connectivity index (χ0v) is 5.21. The molecule has 0 N–H and O–H groups in total. The van der Waals surface area contributed by atoms with Gasteiger partial charge in [0.15, 0.2) is 0 Å². The molecule has 0 atom stereocenters. The fourth-order valence-electron chi connectivity index (χ4n) is 0.191. The van der Waals surface area contributed by atoms with Crippen molar-refractivity contribution >= 4 is 0 Å². The molecule has 0 aliphatic carbocycles. The third kappa shape index (κ3) is 5.80. The predicted octanol–water partition coefficient (Wildman–Crippen LogP) is 1.81. The summed E-state index contributed by atoms with van der Waals surface area (Å²) < 4.78 is 3.49. The monoisotopic (exact) mass is 137 g/mol. The Labute approximate surface area is 51.7 Å². The first-order valence-electron chi connectivity index (χ1n) is 1.99. The van der Waals surface area contributed by atoms with Crippen molar-refractivity contribution in [3.05, 3.63) is 24.4 Å². The topological polar surface area (TPSA) is 12.4 Å². The van der Waals surface area contributed by atoms with Crippen molar-refractivity contribution in [1.82, 2.24) is 0 Å². The van der Waals surface area contributed by atoms with Gasteiger partial charge in [0, 0.05) is 0 Å². The molecule has 0 aromatic rings. The fraction of sp³-hybridized carbons (Fsp3) is 0.200. The van der Waals surface area contributed by atoms with Crippen LogP contribution >= 0.6 is 0 Å². The van der Waals surface area contributed by atoms with Crippen molar-refractivity contribution in [2.75, 3.05) is 0 Å². The second-order valence-electron chi connectivity index (χ2n) is 0.959. The first-order chi connectivity index (χ1) is 3.41. The van der Waals surface area contributed by atoms with Crippen LogP contribution in [0.3, 0.4) is 0 Å². The zero-order valence-electron chi connectivity index (χ0n) is 4.11. The van der Waals surface area contributed by atoms with Crippen LogP contribution < -0.4 is 0 Å². The van der Waals surface area contributed by atoms with E-state index in [1.807, 2.05) is 25.2 Å². The van der Waals surface area contributed by atoms with Gasteiger partial charge in [0.25, 0.3) is 0 Å². The summed E-state index contributed by atoms with van der Waals surface area (Å²) in [7, 11) is 0. The van der Waals surface area contributed by atoms with E-state index in [1.165, 1.54) is 0 Å². The van der Waals surface area contributed by atoms with Crippen LogP contribution in [-0.4, -0.2) is 0 Å². The molecule has 0 saturated heterocycles. The molecule has 1 nitrogen and oxygen atoms in total. The van der Waals surface area contributed by atoms with Crippen molar-refractivity contribution < 1.29 is 15.8 Å². The summed E-state index contributed by atoms with van der Waals surface area (Å²) in [5.74, 6) is 0. The van der Waals surface area contributed by atoms with Crippen LogP contribution in [0.25, 0.3) is 0 Å². The van der Waals surface area contributed by atoms with Gasteiger partial charge in [0.1, 0.15) is 0 Å². The first kappa shape index (κ1) is 6.80. The molecule has 0 amide bonds. The number of allylic oxidation sites excluding steroid dienone is 3. The minimum atomic E-state index is 1.64. The summed E-state index contributed by atoms with van der Waals surface area (Å²) in [5, 5.41) is 0. The third-order valence-corrected chi connectivity index (χ3v) is 0.607. The SMILES string of the molecule is C/C=C\C=C/[N]=[Fe+]. The van der Waals surface area contributed by atoms with Gasteiger partial charge < -0.3 is 0 Å². The second kappa shape index (κ2) is 5.80. The second-order valence-corrected chi connectivity index (χ2v) is 1.24. The molecule has 0 unspecified atom stereocenters. The van der Waals surface area contributed by atoms with Crippen LogP contribution in [0, 0.1) is 0 Å². The molecule has 39 valence electrons. The number of nitrogens with zero attached hydrogens (tertiary/aromatic N) is 1. The average Bonchev–Trinajstić information content (AvgIpc) is 1.69. The molecule has 0 bridgehead atoms. The minimum absolute atomic E-state index is 1.64. The third-order valence-electron chi connectivity index (χ3n) is 0.442. The fourth-order valence-corrected chi connectivity index (χ4v) is 0.286. The quantitative estimate of drug-likeness (QED) is 0.406. The van der Waals surface area contributed by atoms with Gasteiger partial charge in [-0.3, -0.25) is 0 Å². The Bertz CT molecular complexity index is 94.3. The van der Waals surface area contributed by atoms with Gasteiger partial charge in [-0.05, 0) is 0 Å². The summed E-state index contributed by atoms with van der Waals surface area (Å²) in [6.45, 7) is 1.95. The zero-order chi connectivity index (χ0) is 5.54. The van der Waals surface area contributed by atoms with Crippen LogP contribution in [0.5, 0.6) is 0 Å². The molecule has 0 heterocycles. The molecule has 0 spiro atoms. The predicted molar refractivity (Wildman–Crippen MR) is 26.4 cm³/mol. The van der Waals surface area contributed by atoms with Gasteiger partial charge in [-0.1, -0.05) is 0 Å². The Kier molecular flexibility index (Phi) is 5.63. The van der Waals surface area contributed by atoms with Crippen molar-refractivity contribution in [2.45, 2.75) is 6.92 Å². The van der Waals surface area contributed by atoms with E-state index < -0.39 is 0 Å². The summed E-state index contributed by atoms with van der Waals surface area (Å²) in [4.78, 5) is 0. The van der Waals surface area contributed by atoms with Crippen molar-refractivity contribution in [3.63, 3.8) is 0 Å². The van der Waals surface area contributed by atoms with Gasteiger partial charge in [0.2, 0.25) is 0 Å². The Morgan fingerprint density at radius 2 is 2.14 bits per heavy atom. The standard InChI is InChI=1S/C5H7N.Fe/c1-2-3-4-5-6;/h2-5H,1H3;/q;+1/b3-2-,5-4-;. The molecule has 0 aliphatic rings. The number of hydrogen-bond donors (Lipinski definition) is 0. The van der Waals surface area contributed by atoms with Gasteiger partial charge in [-0.2, -0.15) is 0 Å². The van der Waals surface area contributed by atoms with Crippen molar-refractivity contribution in [1.29, 1.82) is 0 Å². The van der Waals surface area contributed by atoms with Gasteiger partial charge in [-0.25, -0.2) is 0 Å². The summed E-state index contributed by atoms with van der Waals surface area (Å²) in [6.07, 6.45) is 7.30. The Balaban J connectivity index is 3.27. The van der Waals surface area contributed by atoms with E-state index in [-0.39, 0.29) is 0 Å². The maximum atomic E-state index is 3.49. The van der Waals surface area contributed by atoms with E-state index in [0.29, 0.717) is 0 Å². The normalized spacial score (nSPS) is 11.0. The average molecular weight is 137 g/mol. The van der Waals surface area contributed by atoms with E-state index in [0.717, 1.165) is 0 Å². The molecule has 0 aliphatic heterocycles. The number of hydrogen-bond acceptors (Lipinski definition) is 1. The molecule has 0 aromatic carbocycles. The van der Waals surface area contributed by atoms with Crippen molar-refractivity contribution in [2.24, 2.45) is 3.96 Å². The van der Waals surface area contributed by atoms with E-state index in [1.54, 1.807) is 6.20 Å². The molecular weight excluding hydrogens is 130 g/mol. The molecular formula is C5H7FeN+. The summed E-state index contributed by atoms with van der Waals surface area (Å²) in [5.41, 5.74) is 0. The van der Waals surface area contributed by atoms with Gasteiger partial charge in [-0.15, -0.1) is 0 Å². The molecule has 0 aromatic heterocycles. The van der Waals surface area contributed by atoms with Crippen LogP contribution in [0.2, 0.25) is 0 Å². The Morgan fingerprint density at radius 3 is 2.57 bits per heavy atom. The van der Waals surface area contributed by atoms with Crippen molar-refractivity contribution in [3.8, 4) is 0 Å². The van der Waals surface area contributed by atoms with E-state index in [9.17, 15) is 0 Å². The van der Waals surface area contributed by atoms with E-state index >= 15 is 0 Å². The number of rotatable bonds is 2. The Morgan fingerprint density at radius 1 is 1.43 bits per heavy atom. The summed E-state index contributed by atoms with van der Waals surface area (Å²) in [6, 6.07) is 0. The van der Waals surface area contributed by atoms with Crippen LogP contribution in [0.1, 0.15) is 6.92 Å². The molecule has 0 saturated carbocycles. The molecule has 2 heteroatoms. The first-order valence-corrected chi connectivity index (χ1v) is 2.49. The van der Waals surface area contributed by atoms with Gasteiger partial charge in [0.05, 0.1) is 0 Å². The van der Waals surface area contributed by atoms with Gasteiger partial charge >= 0.3 is 51.1 Å². The van der Waals surface area contributed by atoms with Crippen LogP contribution in [-0.2, 0) is 15.8 Å².